The lowest BCUT2D eigenvalue weighted by Gasteiger charge is -2.14. The highest BCUT2D eigenvalue weighted by Gasteiger charge is 2.34. The Morgan fingerprint density at radius 1 is 1.05 bits per heavy atom. The van der Waals surface area contributed by atoms with Crippen LogP contribution in [0.1, 0.15) is 19.4 Å². The molecule has 0 fully saturated rings. The quantitative estimate of drug-likeness (QED) is 0.674. The molecule has 0 saturated heterocycles. The molecular weight excluding hydrogens is 258 g/mol. The van der Waals surface area contributed by atoms with Gasteiger partial charge in [0.05, 0.1) is 5.69 Å². The number of amides is 2. The molecule has 0 saturated carbocycles. The predicted molar refractivity (Wildman–Crippen MR) is 74.0 cm³/mol. The van der Waals surface area contributed by atoms with E-state index in [1.165, 1.54) is 6.08 Å². The van der Waals surface area contributed by atoms with Gasteiger partial charge in [-0.25, -0.2) is 9.69 Å². The number of rotatable bonds is 3. The molecule has 0 radical (unpaired) electrons. The number of hydrogen-bond acceptors (Lipinski definition) is 3. The highest BCUT2D eigenvalue weighted by Crippen LogP contribution is 2.26. The van der Waals surface area contributed by atoms with Gasteiger partial charge in [-0.15, -0.1) is 0 Å². The Morgan fingerprint density at radius 3 is 2.00 bits per heavy atom. The third kappa shape index (κ3) is 2.38. The minimum atomic E-state index is -1.03. The lowest BCUT2D eigenvalue weighted by molar-refractivity contribution is -0.131. The molecule has 0 unspecified atom stereocenters. The summed E-state index contributed by atoms with van der Waals surface area (Å²) in [6.45, 7) is 3.25. The van der Waals surface area contributed by atoms with Crippen LogP contribution < -0.4 is 4.90 Å². The zero-order valence-electron chi connectivity index (χ0n) is 11.1. The van der Waals surface area contributed by atoms with E-state index in [1.54, 1.807) is 38.1 Å². The van der Waals surface area contributed by atoms with Crippen LogP contribution in [0.25, 0.3) is 6.08 Å². The van der Waals surface area contributed by atoms with E-state index in [2.05, 4.69) is 0 Å². The number of anilines is 1. The highest BCUT2D eigenvalue weighted by atomic mass is 16.4. The molecule has 0 spiro atoms. The summed E-state index contributed by atoms with van der Waals surface area (Å²) >= 11 is 0. The van der Waals surface area contributed by atoms with E-state index in [0.717, 1.165) is 11.0 Å². The molecule has 2 amide bonds. The Kier molecular flexibility index (Phi) is 3.52. The normalized spacial score (nSPS) is 15.6. The van der Waals surface area contributed by atoms with Gasteiger partial charge in [0.2, 0.25) is 0 Å². The molecular formula is C15H13NO4. The van der Waals surface area contributed by atoms with Gasteiger partial charge in [0.15, 0.2) is 0 Å². The molecule has 0 aromatic heterocycles. The van der Waals surface area contributed by atoms with Crippen molar-refractivity contribution in [2.24, 2.45) is 0 Å². The Balaban J connectivity index is 2.26. The molecule has 0 aliphatic carbocycles. The van der Waals surface area contributed by atoms with Gasteiger partial charge in [0.25, 0.3) is 11.8 Å². The van der Waals surface area contributed by atoms with Crippen molar-refractivity contribution >= 4 is 29.5 Å². The van der Waals surface area contributed by atoms with Gasteiger partial charge in [-0.2, -0.15) is 0 Å². The van der Waals surface area contributed by atoms with Gasteiger partial charge in [-0.3, -0.25) is 9.59 Å². The SMILES string of the molecule is CC1=C(C)C(=O)N(c2ccc(C=CC(=O)O)cc2)C1=O. The van der Waals surface area contributed by atoms with Crippen LogP contribution in [0.5, 0.6) is 0 Å². The van der Waals surface area contributed by atoms with E-state index in [1.807, 2.05) is 0 Å². The first-order valence-corrected chi connectivity index (χ1v) is 5.99. The summed E-state index contributed by atoms with van der Waals surface area (Å²) in [6.07, 6.45) is 2.46. The lowest BCUT2D eigenvalue weighted by atomic mass is 10.2. The molecule has 102 valence electrons. The Morgan fingerprint density at radius 2 is 1.55 bits per heavy atom. The average molecular weight is 271 g/mol. The van der Waals surface area contributed by atoms with Gasteiger partial charge in [0, 0.05) is 17.2 Å². The van der Waals surface area contributed by atoms with E-state index in [-0.39, 0.29) is 11.8 Å². The third-order valence-corrected chi connectivity index (χ3v) is 3.18. The Bertz CT molecular complexity index is 629. The summed E-state index contributed by atoms with van der Waals surface area (Å²) in [7, 11) is 0. The summed E-state index contributed by atoms with van der Waals surface area (Å²) in [4.78, 5) is 35.5. The monoisotopic (exact) mass is 271 g/mol. The summed E-state index contributed by atoms with van der Waals surface area (Å²) in [6, 6.07) is 6.53. The first-order valence-electron chi connectivity index (χ1n) is 5.99. The fourth-order valence-corrected chi connectivity index (χ4v) is 1.88. The number of carbonyl (C=O) groups is 3. The minimum Gasteiger partial charge on any atom is -0.478 e. The van der Waals surface area contributed by atoms with Crippen LogP contribution in [0.4, 0.5) is 5.69 Å². The minimum absolute atomic E-state index is 0.318. The van der Waals surface area contributed by atoms with Crippen molar-refractivity contribution in [3.63, 3.8) is 0 Å². The van der Waals surface area contributed by atoms with Crippen LogP contribution in [0, 0.1) is 0 Å². The summed E-state index contributed by atoms with van der Waals surface area (Å²) in [5, 5.41) is 8.54. The molecule has 1 heterocycles. The number of carbonyl (C=O) groups excluding carboxylic acids is 2. The van der Waals surface area contributed by atoms with Crippen LogP contribution in [-0.2, 0) is 14.4 Å². The third-order valence-electron chi connectivity index (χ3n) is 3.18. The van der Waals surface area contributed by atoms with Crippen molar-refractivity contribution in [2.45, 2.75) is 13.8 Å². The Hall–Kier alpha value is -2.69. The smallest absolute Gasteiger partial charge is 0.328 e. The molecule has 0 bridgehead atoms. The molecule has 1 aliphatic heterocycles. The maximum Gasteiger partial charge on any atom is 0.328 e. The largest absolute Gasteiger partial charge is 0.478 e. The number of carboxylic acid groups (broad SMARTS) is 1. The van der Waals surface area contributed by atoms with E-state index < -0.39 is 5.97 Å². The number of carboxylic acids is 1. The van der Waals surface area contributed by atoms with Gasteiger partial charge in [-0.05, 0) is 37.6 Å². The van der Waals surface area contributed by atoms with Gasteiger partial charge >= 0.3 is 5.97 Å². The van der Waals surface area contributed by atoms with Crippen molar-refractivity contribution in [1.29, 1.82) is 0 Å². The van der Waals surface area contributed by atoms with E-state index >= 15 is 0 Å². The van der Waals surface area contributed by atoms with Crippen molar-refractivity contribution in [3.05, 3.63) is 47.1 Å². The fraction of sp³-hybridized carbons (Fsp3) is 0.133. The first-order chi connectivity index (χ1) is 9.41. The van der Waals surface area contributed by atoms with Crippen LogP contribution in [0.3, 0.4) is 0 Å². The zero-order valence-corrected chi connectivity index (χ0v) is 11.1. The maximum atomic E-state index is 12.0. The van der Waals surface area contributed by atoms with Crippen LogP contribution >= 0.6 is 0 Å². The number of nitrogens with zero attached hydrogens (tertiary/aromatic N) is 1. The molecule has 5 heteroatoms. The molecule has 0 atom stereocenters. The van der Waals surface area contributed by atoms with E-state index in [0.29, 0.717) is 22.4 Å². The summed E-state index contributed by atoms with van der Waals surface area (Å²) in [5.74, 6) is -1.67. The second-order valence-electron chi connectivity index (χ2n) is 4.46. The first kappa shape index (κ1) is 13.7. The number of imide groups is 1. The Labute approximate surface area is 115 Å². The predicted octanol–water partition coefficient (Wildman–Crippen LogP) is 1.99. The molecule has 5 nitrogen and oxygen atoms in total. The molecule has 1 aromatic carbocycles. The zero-order chi connectivity index (χ0) is 14.9. The van der Waals surface area contributed by atoms with E-state index in [9.17, 15) is 14.4 Å². The van der Waals surface area contributed by atoms with Crippen molar-refractivity contribution in [3.8, 4) is 0 Å². The lowest BCUT2D eigenvalue weighted by Crippen LogP contribution is -2.31. The van der Waals surface area contributed by atoms with Crippen LogP contribution in [0.15, 0.2) is 41.5 Å². The molecule has 1 aromatic rings. The molecule has 2 rings (SSSR count). The standard InChI is InChI=1S/C15H13NO4/c1-9-10(2)15(20)16(14(9)19)12-6-3-11(4-7-12)5-8-13(17)18/h3-8H,1-2H3,(H,17,18). The number of aliphatic carboxylic acids is 1. The van der Waals surface area contributed by atoms with Crippen molar-refractivity contribution in [2.75, 3.05) is 4.90 Å². The summed E-state index contributed by atoms with van der Waals surface area (Å²) < 4.78 is 0. The summed E-state index contributed by atoms with van der Waals surface area (Å²) in [5.41, 5.74) is 2.05. The number of benzene rings is 1. The van der Waals surface area contributed by atoms with Gasteiger partial charge in [0.1, 0.15) is 0 Å². The molecule has 1 N–H and O–H groups in total. The van der Waals surface area contributed by atoms with Crippen molar-refractivity contribution in [1.82, 2.24) is 0 Å². The average Bonchev–Trinajstić information content (AvgIpc) is 2.62. The van der Waals surface area contributed by atoms with Crippen LogP contribution in [-0.4, -0.2) is 22.9 Å². The highest BCUT2D eigenvalue weighted by molar-refractivity contribution is 6.32. The number of hydrogen-bond donors (Lipinski definition) is 1. The molecule has 20 heavy (non-hydrogen) atoms. The topological polar surface area (TPSA) is 74.7 Å². The molecule has 1 aliphatic rings. The maximum absolute atomic E-state index is 12.0. The van der Waals surface area contributed by atoms with Crippen molar-refractivity contribution < 1.29 is 19.5 Å². The van der Waals surface area contributed by atoms with E-state index in [4.69, 9.17) is 5.11 Å². The second-order valence-corrected chi connectivity index (χ2v) is 4.46. The second kappa shape index (κ2) is 5.13. The van der Waals surface area contributed by atoms with Crippen LogP contribution in [0.2, 0.25) is 0 Å². The van der Waals surface area contributed by atoms with Gasteiger partial charge in [-0.1, -0.05) is 12.1 Å². The van der Waals surface area contributed by atoms with Gasteiger partial charge < -0.3 is 5.11 Å². The fourth-order valence-electron chi connectivity index (χ4n) is 1.88.